The number of sulfonamides is 1. The molecule has 1 aliphatic rings. The maximum Gasteiger partial charge on any atom is 0.243 e. The number of carbonyl (C=O) groups excluding carboxylic acids is 2. The summed E-state index contributed by atoms with van der Waals surface area (Å²) in [5, 5.41) is 13.1. The minimum Gasteiger partial charge on any atom is -0.491 e. The summed E-state index contributed by atoms with van der Waals surface area (Å²) in [6, 6.07) is 21.9. The summed E-state index contributed by atoms with van der Waals surface area (Å²) in [5.41, 5.74) is 1.71. The Hall–Kier alpha value is -3.57. The molecule has 1 atom stereocenters. The van der Waals surface area contributed by atoms with E-state index in [1.54, 1.807) is 48.5 Å². The summed E-state index contributed by atoms with van der Waals surface area (Å²) < 4.78 is 33.1. The van der Waals surface area contributed by atoms with E-state index in [2.05, 4.69) is 5.32 Å². The van der Waals surface area contributed by atoms with E-state index in [9.17, 15) is 23.1 Å². The summed E-state index contributed by atoms with van der Waals surface area (Å²) in [6.07, 6.45) is -0.759. The Balaban J connectivity index is 1.22. The van der Waals surface area contributed by atoms with E-state index in [4.69, 9.17) is 4.74 Å². The molecule has 1 unspecified atom stereocenters. The Morgan fingerprint density at radius 2 is 1.50 bits per heavy atom. The summed E-state index contributed by atoms with van der Waals surface area (Å²) in [4.78, 5) is 25.9. The number of nitrogens with zero attached hydrogens (tertiary/aromatic N) is 2. The number of hydrogen-bond donors (Lipinski definition) is 2. The topological polar surface area (TPSA) is 116 Å². The molecule has 3 aromatic carbocycles. The van der Waals surface area contributed by atoms with Crippen molar-refractivity contribution in [3.05, 3.63) is 90.0 Å². The van der Waals surface area contributed by atoms with Crippen LogP contribution in [0.15, 0.2) is 83.8 Å². The third kappa shape index (κ3) is 7.05. The lowest BCUT2D eigenvalue weighted by molar-refractivity contribution is -0.114. The fourth-order valence-corrected chi connectivity index (χ4v) is 5.64. The van der Waals surface area contributed by atoms with Gasteiger partial charge in [-0.25, -0.2) is 8.42 Å². The lowest BCUT2D eigenvalue weighted by Crippen LogP contribution is -2.50. The van der Waals surface area contributed by atoms with Crippen LogP contribution in [-0.4, -0.2) is 79.9 Å². The smallest absolute Gasteiger partial charge is 0.243 e. The molecule has 0 saturated carbocycles. The average Bonchev–Trinajstić information content (AvgIpc) is 2.92. The van der Waals surface area contributed by atoms with Crippen LogP contribution in [0.1, 0.15) is 22.8 Å². The second-order valence-electron chi connectivity index (χ2n) is 9.09. The summed E-state index contributed by atoms with van der Waals surface area (Å²) in [5.74, 6) is 0.256. The lowest BCUT2D eigenvalue weighted by atomic mass is 10.0. The maximum atomic E-state index is 13.0. The highest BCUT2D eigenvalue weighted by Crippen LogP contribution is 2.20. The Kier molecular flexibility index (Phi) is 8.90. The second kappa shape index (κ2) is 12.3. The third-order valence-electron chi connectivity index (χ3n) is 6.21. The van der Waals surface area contributed by atoms with Gasteiger partial charge in [0.1, 0.15) is 18.5 Å². The van der Waals surface area contributed by atoms with Gasteiger partial charge in [-0.05, 0) is 48.5 Å². The molecule has 0 aromatic heterocycles. The van der Waals surface area contributed by atoms with E-state index in [1.807, 2.05) is 23.1 Å². The molecule has 4 rings (SSSR count). The SMILES string of the molecule is CC(=O)Nc1ccc(S(=O)(=O)N2CCN(CC(O)COc3ccc(C(=O)c4ccccc4)cc3)CC2)cc1. The summed E-state index contributed by atoms with van der Waals surface area (Å²) in [7, 11) is -3.65. The fourth-order valence-electron chi connectivity index (χ4n) is 4.22. The molecule has 1 heterocycles. The standard InChI is InChI=1S/C28H31N3O6S/c1-21(32)29-24-9-13-27(14-10-24)38(35,36)31-17-15-30(16-18-31)19-25(33)20-37-26-11-7-23(8-12-26)28(34)22-5-3-2-4-6-22/h2-14,25,33H,15-20H2,1H3,(H,29,32). The molecule has 38 heavy (non-hydrogen) atoms. The zero-order valence-electron chi connectivity index (χ0n) is 21.1. The molecule has 9 nitrogen and oxygen atoms in total. The normalized spacial score (nSPS) is 15.5. The van der Waals surface area contributed by atoms with Gasteiger partial charge >= 0.3 is 0 Å². The van der Waals surface area contributed by atoms with Crippen LogP contribution in [0, 0.1) is 0 Å². The van der Waals surface area contributed by atoms with Crippen LogP contribution in [-0.2, 0) is 14.8 Å². The minimum absolute atomic E-state index is 0.0691. The van der Waals surface area contributed by atoms with Crippen molar-refractivity contribution in [2.24, 2.45) is 0 Å². The predicted octanol–water partition coefficient (Wildman–Crippen LogP) is 2.62. The molecule has 1 saturated heterocycles. The predicted molar refractivity (Wildman–Crippen MR) is 144 cm³/mol. The van der Waals surface area contributed by atoms with Gasteiger partial charge in [0, 0.05) is 56.5 Å². The first-order valence-electron chi connectivity index (χ1n) is 12.3. The van der Waals surface area contributed by atoms with Crippen LogP contribution < -0.4 is 10.1 Å². The van der Waals surface area contributed by atoms with Crippen molar-refractivity contribution in [2.75, 3.05) is 44.6 Å². The third-order valence-corrected chi connectivity index (χ3v) is 8.12. The van der Waals surface area contributed by atoms with E-state index >= 15 is 0 Å². The van der Waals surface area contributed by atoms with Crippen LogP contribution in [0.3, 0.4) is 0 Å². The van der Waals surface area contributed by atoms with Crippen LogP contribution in [0.25, 0.3) is 0 Å². The average molecular weight is 538 g/mol. The highest BCUT2D eigenvalue weighted by molar-refractivity contribution is 7.89. The Morgan fingerprint density at radius 1 is 0.895 bits per heavy atom. The van der Waals surface area contributed by atoms with E-state index in [-0.39, 0.29) is 23.2 Å². The fraction of sp³-hybridized carbons (Fsp3) is 0.286. The van der Waals surface area contributed by atoms with Gasteiger partial charge in [0.05, 0.1) is 4.90 Å². The molecule has 1 aliphatic heterocycles. The number of ketones is 1. The highest BCUT2D eigenvalue weighted by atomic mass is 32.2. The molecule has 200 valence electrons. The van der Waals surface area contributed by atoms with Gasteiger partial charge in [-0.15, -0.1) is 0 Å². The van der Waals surface area contributed by atoms with Crippen molar-refractivity contribution in [3.8, 4) is 5.75 Å². The first-order valence-corrected chi connectivity index (χ1v) is 13.8. The molecule has 0 bridgehead atoms. The molecule has 0 spiro atoms. The Labute approximate surface area is 222 Å². The number of aliphatic hydroxyl groups is 1. The van der Waals surface area contributed by atoms with Gasteiger partial charge in [0.2, 0.25) is 15.9 Å². The number of anilines is 1. The van der Waals surface area contributed by atoms with E-state index < -0.39 is 16.1 Å². The van der Waals surface area contributed by atoms with E-state index in [1.165, 1.54) is 23.4 Å². The molecule has 3 aromatic rings. The second-order valence-corrected chi connectivity index (χ2v) is 11.0. The van der Waals surface area contributed by atoms with Crippen molar-refractivity contribution < 1.29 is 27.9 Å². The van der Waals surface area contributed by atoms with Crippen LogP contribution in [0.5, 0.6) is 5.75 Å². The number of nitrogens with one attached hydrogen (secondary N) is 1. The van der Waals surface area contributed by atoms with Crippen molar-refractivity contribution in [3.63, 3.8) is 0 Å². The molecule has 0 radical (unpaired) electrons. The summed E-state index contributed by atoms with van der Waals surface area (Å²) in [6.45, 7) is 3.39. The van der Waals surface area contributed by atoms with Gasteiger partial charge in [0.25, 0.3) is 0 Å². The van der Waals surface area contributed by atoms with Gasteiger partial charge in [-0.2, -0.15) is 4.31 Å². The maximum absolute atomic E-state index is 13.0. The van der Waals surface area contributed by atoms with Crippen LogP contribution in [0.4, 0.5) is 5.69 Å². The van der Waals surface area contributed by atoms with Crippen molar-refractivity contribution in [2.45, 2.75) is 17.9 Å². The lowest BCUT2D eigenvalue weighted by Gasteiger charge is -2.34. The molecule has 1 fully saturated rings. The number of hydrogen-bond acceptors (Lipinski definition) is 7. The molecule has 0 aliphatic carbocycles. The Bertz CT molecular complexity index is 1340. The number of rotatable bonds is 10. The van der Waals surface area contributed by atoms with E-state index in [0.29, 0.717) is 55.3 Å². The zero-order chi connectivity index (χ0) is 27.1. The number of aliphatic hydroxyl groups excluding tert-OH is 1. The number of ether oxygens (including phenoxy) is 1. The van der Waals surface area contributed by atoms with Gasteiger partial charge in [-0.1, -0.05) is 30.3 Å². The zero-order valence-corrected chi connectivity index (χ0v) is 21.9. The largest absolute Gasteiger partial charge is 0.491 e. The van der Waals surface area contributed by atoms with Crippen LogP contribution in [0.2, 0.25) is 0 Å². The number of carbonyl (C=O) groups is 2. The number of β-amino-alcohol motifs (C(OH)–C–C–N with tert-alkyl or cyclic N) is 1. The first kappa shape index (κ1) is 27.5. The number of benzene rings is 3. The van der Waals surface area contributed by atoms with Crippen molar-refractivity contribution in [1.82, 2.24) is 9.21 Å². The van der Waals surface area contributed by atoms with Gasteiger partial charge in [-0.3, -0.25) is 14.5 Å². The minimum atomic E-state index is -3.65. The van der Waals surface area contributed by atoms with Gasteiger partial charge in [0.15, 0.2) is 5.78 Å². The highest BCUT2D eigenvalue weighted by Gasteiger charge is 2.29. The van der Waals surface area contributed by atoms with Crippen molar-refractivity contribution >= 4 is 27.4 Å². The molecule has 10 heteroatoms. The van der Waals surface area contributed by atoms with Gasteiger partial charge < -0.3 is 15.2 Å². The molecular formula is C28H31N3O6S. The molecular weight excluding hydrogens is 506 g/mol. The number of amides is 1. The monoisotopic (exact) mass is 537 g/mol. The molecule has 2 N–H and O–H groups in total. The first-order chi connectivity index (χ1) is 18.2. The Morgan fingerprint density at radius 3 is 2.11 bits per heavy atom. The number of piperazine rings is 1. The quantitative estimate of drug-likeness (QED) is 0.382. The summed E-state index contributed by atoms with van der Waals surface area (Å²) >= 11 is 0. The van der Waals surface area contributed by atoms with Crippen molar-refractivity contribution in [1.29, 1.82) is 0 Å². The molecule has 1 amide bonds. The van der Waals surface area contributed by atoms with Crippen LogP contribution >= 0.6 is 0 Å². The van der Waals surface area contributed by atoms with E-state index in [0.717, 1.165) is 0 Å².